The second-order valence-electron chi connectivity index (χ2n) is 5.10. The predicted octanol–water partition coefficient (Wildman–Crippen LogP) is 2.07. The van der Waals surface area contributed by atoms with Crippen molar-refractivity contribution in [2.45, 2.75) is 38.8 Å². The molecule has 1 fully saturated rings. The highest BCUT2D eigenvalue weighted by atomic mass is 16.5. The van der Waals surface area contributed by atoms with Crippen molar-refractivity contribution in [3.63, 3.8) is 0 Å². The molecule has 4 nitrogen and oxygen atoms in total. The zero-order valence-corrected chi connectivity index (χ0v) is 11.7. The Hall–Kier alpha value is -1.39. The van der Waals surface area contributed by atoms with E-state index in [0.29, 0.717) is 19.7 Å². The van der Waals surface area contributed by atoms with Gasteiger partial charge < -0.3 is 15.4 Å². The maximum absolute atomic E-state index is 12.6. The van der Waals surface area contributed by atoms with Crippen LogP contribution in [0.1, 0.15) is 32.3 Å². The Morgan fingerprint density at radius 3 is 2.58 bits per heavy atom. The Bertz CT molecular complexity index is 436. The molecule has 0 saturated carbocycles. The summed E-state index contributed by atoms with van der Waals surface area (Å²) in [5, 5.41) is 0. The van der Waals surface area contributed by atoms with E-state index in [-0.39, 0.29) is 5.91 Å². The summed E-state index contributed by atoms with van der Waals surface area (Å²) in [5.41, 5.74) is 6.89. The zero-order valence-electron chi connectivity index (χ0n) is 11.7. The summed E-state index contributed by atoms with van der Waals surface area (Å²) in [4.78, 5) is 14.4. The van der Waals surface area contributed by atoms with Gasteiger partial charge in [-0.15, -0.1) is 0 Å². The van der Waals surface area contributed by atoms with Crippen LogP contribution in [0.2, 0.25) is 0 Å². The number of hydrogen-bond acceptors (Lipinski definition) is 3. The standard InChI is InChI=1S/C15H22N2O2/c1-3-17(13-7-5-12(11-16)6-8-13)14(18)15(2)9-4-10-19-15/h5-8H,3-4,9-11,16H2,1-2H3. The van der Waals surface area contributed by atoms with Gasteiger partial charge in [0.2, 0.25) is 0 Å². The summed E-state index contributed by atoms with van der Waals surface area (Å²) in [5.74, 6) is 0.0491. The van der Waals surface area contributed by atoms with E-state index in [4.69, 9.17) is 10.5 Å². The minimum atomic E-state index is -0.664. The number of likely N-dealkylation sites (N-methyl/N-ethyl adjacent to an activating group) is 1. The van der Waals surface area contributed by atoms with E-state index in [1.807, 2.05) is 38.1 Å². The number of benzene rings is 1. The molecule has 0 aromatic heterocycles. The molecule has 1 aliphatic heterocycles. The van der Waals surface area contributed by atoms with Crippen molar-refractivity contribution >= 4 is 11.6 Å². The van der Waals surface area contributed by atoms with Crippen LogP contribution in [0.4, 0.5) is 5.69 Å². The molecule has 0 spiro atoms. The zero-order chi connectivity index (χ0) is 13.9. The second kappa shape index (κ2) is 5.72. The number of hydrogen-bond donors (Lipinski definition) is 1. The predicted molar refractivity (Wildman–Crippen MR) is 76.0 cm³/mol. The average Bonchev–Trinajstić information content (AvgIpc) is 2.88. The van der Waals surface area contributed by atoms with Gasteiger partial charge in [0, 0.05) is 25.4 Å². The van der Waals surface area contributed by atoms with E-state index in [0.717, 1.165) is 24.1 Å². The van der Waals surface area contributed by atoms with Gasteiger partial charge in [0.05, 0.1) is 0 Å². The molecule has 1 unspecified atom stereocenters. The first-order valence-corrected chi connectivity index (χ1v) is 6.85. The molecular weight excluding hydrogens is 240 g/mol. The highest BCUT2D eigenvalue weighted by Gasteiger charge is 2.40. The second-order valence-corrected chi connectivity index (χ2v) is 5.10. The van der Waals surface area contributed by atoms with Gasteiger partial charge in [-0.3, -0.25) is 4.79 Å². The number of carbonyl (C=O) groups excluding carboxylic acids is 1. The third-order valence-electron chi connectivity index (χ3n) is 3.72. The topological polar surface area (TPSA) is 55.6 Å². The van der Waals surface area contributed by atoms with Crippen molar-refractivity contribution in [1.29, 1.82) is 0 Å². The molecule has 1 amide bonds. The molecule has 0 radical (unpaired) electrons. The van der Waals surface area contributed by atoms with Gasteiger partial charge in [-0.1, -0.05) is 12.1 Å². The number of ether oxygens (including phenoxy) is 1. The molecule has 1 heterocycles. The van der Waals surface area contributed by atoms with E-state index in [1.54, 1.807) is 4.90 Å². The SMILES string of the molecule is CCN(C(=O)C1(C)CCCO1)c1ccc(CN)cc1. The lowest BCUT2D eigenvalue weighted by Gasteiger charge is -2.30. The van der Waals surface area contributed by atoms with Crippen LogP contribution in [0.25, 0.3) is 0 Å². The summed E-state index contributed by atoms with van der Waals surface area (Å²) < 4.78 is 5.64. The van der Waals surface area contributed by atoms with Gasteiger partial charge in [-0.2, -0.15) is 0 Å². The van der Waals surface area contributed by atoms with Crippen LogP contribution in [-0.2, 0) is 16.1 Å². The molecule has 104 valence electrons. The van der Waals surface area contributed by atoms with Crippen LogP contribution in [0, 0.1) is 0 Å². The van der Waals surface area contributed by atoms with Crippen LogP contribution >= 0.6 is 0 Å². The Morgan fingerprint density at radius 1 is 1.42 bits per heavy atom. The van der Waals surface area contributed by atoms with Gasteiger partial charge in [-0.05, 0) is 44.4 Å². The highest BCUT2D eigenvalue weighted by molar-refractivity contribution is 5.99. The van der Waals surface area contributed by atoms with Crippen LogP contribution in [0.3, 0.4) is 0 Å². The van der Waals surface area contributed by atoms with Crippen molar-refractivity contribution in [3.8, 4) is 0 Å². The molecule has 0 bridgehead atoms. The minimum absolute atomic E-state index is 0.0491. The molecule has 0 aliphatic carbocycles. The van der Waals surface area contributed by atoms with Crippen LogP contribution in [0.15, 0.2) is 24.3 Å². The maximum atomic E-state index is 12.6. The summed E-state index contributed by atoms with van der Waals surface area (Å²) in [7, 11) is 0. The molecular formula is C15H22N2O2. The summed E-state index contributed by atoms with van der Waals surface area (Å²) >= 11 is 0. The molecule has 2 rings (SSSR count). The monoisotopic (exact) mass is 262 g/mol. The van der Waals surface area contributed by atoms with Gasteiger partial charge in [0.25, 0.3) is 5.91 Å². The first-order valence-electron chi connectivity index (χ1n) is 6.85. The number of carbonyl (C=O) groups is 1. The molecule has 1 saturated heterocycles. The largest absolute Gasteiger partial charge is 0.365 e. The third kappa shape index (κ3) is 2.80. The van der Waals surface area contributed by atoms with E-state index in [9.17, 15) is 4.79 Å². The smallest absolute Gasteiger partial charge is 0.258 e. The van der Waals surface area contributed by atoms with Crippen molar-refractivity contribution in [2.75, 3.05) is 18.1 Å². The molecule has 1 atom stereocenters. The molecule has 1 aromatic carbocycles. The third-order valence-corrected chi connectivity index (χ3v) is 3.72. The lowest BCUT2D eigenvalue weighted by atomic mass is 10.0. The number of anilines is 1. The van der Waals surface area contributed by atoms with E-state index in [2.05, 4.69) is 0 Å². The lowest BCUT2D eigenvalue weighted by Crippen LogP contribution is -2.47. The number of rotatable bonds is 4. The first-order chi connectivity index (χ1) is 9.10. The lowest BCUT2D eigenvalue weighted by molar-refractivity contribution is -0.136. The van der Waals surface area contributed by atoms with E-state index < -0.39 is 5.60 Å². The fourth-order valence-corrected chi connectivity index (χ4v) is 2.49. The maximum Gasteiger partial charge on any atom is 0.258 e. The Balaban J connectivity index is 2.20. The molecule has 1 aliphatic rings. The molecule has 4 heteroatoms. The average molecular weight is 262 g/mol. The Kier molecular flexibility index (Phi) is 4.22. The molecule has 1 aromatic rings. The minimum Gasteiger partial charge on any atom is -0.365 e. The molecule has 2 N–H and O–H groups in total. The van der Waals surface area contributed by atoms with E-state index >= 15 is 0 Å². The Labute approximate surface area is 114 Å². The van der Waals surface area contributed by atoms with Crippen molar-refractivity contribution in [3.05, 3.63) is 29.8 Å². The van der Waals surface area contributed by atoms with Crippen LogP contribution < -0.4 is 10.6 Å². The number of nitrogens with zero attached hydrogens (tertiary/aromatic N) is 1. The summed E-state index contributed by atoms with van der Waals surface area (Å²) in [6.45, 7) is 5.69. The quantitative estimate of drug-likeness (QED) is 0.903. The van der Waals surface area contributed by atoms with Gasteiger partial charge in [0.15, 0.2) is 0 Å². The normalized spacial score (nSPS) is 22.5. The van der Waals surface area contributed by atoms with Crippen LogP contribution in [0.5, 0.6) is 0 Å². The Morgan fingerprint density at radius 2 is 2.11 bits per heavy atom. The number of amides is 1. The number of nitrogens with two attached hydrogens (primary N) is 1. The van der Waals surface area contributed by atoms with Gasteiger partial charge >= 0.3 is 0 Å². The van der Waals surface area contributed by atoms with Crippen LogP contribution in [-0.4, -0.2) is 24.7 Å². The van der Waals surface area contributed by atoms with Crippen molar-refractivity contribution in [1.82, 2.24) is 0 Å². The highest BCUT2D eigenvalue weighted by Crippen LogP contribution is 2.29. The van der Waals surface area contributed by atoms with Gasteiger partial charge in [-0.25, -0.2) is 0 Å². The first kappa shape index (κ1) is 14.0. The summed E-state index contributed by atoms with van der Waals surface area (Å²) in [6, 6.07) is 7.82. The molecule has 19 heavy (non-hydrogen) atoms. The van der Waals surface area contributed by atoms with Crippen molar-refractivity contribution in [2.24, 2.45) is 5.73 Å². The summed E-state index contributed by atoms with van der Waals surface area (Å²) in [6.07, 6.45) is 1.75. The fraction of sp³-hybridized carbons (Fsp3) is 0.533. The van der Waals surface area contributed by atoms with Crippen molar-refractivity contribution < 1.29 is 9.53 Å². The van der Waals surface area contributed by atoms with Gasteiger partial charge in [0.1, 0.15) is 5.60 Å². The fourth-order valence-electron chi connectivity index (χ4n) is 2.49. The van der Waals surface area contributed by atoms with E-state index in [1.165, 1.54) is 0 Å².